The Kier molecular flexibility index (Phi) is 5.29. The molecule has 1 N–H and O–H groups in total. The SMILES string of the molecule is COc1ccc(-c2ccc3ccc(NC(=O)c4ccc(C(F)(F)F)cc4)nc3n2)cc1. The summed E-state index contributed by atoms with van der Waals surface area (Å²) in [6, 6.07) is 18.5. The molecule has 0 aliphatic rings. The van der Waals surface area contributed by atoms with Crippen molar-refractivity contribution in [3.8, 4) is 17.0 Å². The summed E-state index contributed by atoms with van der Waals surface area (Å²) in [5.41, 5.74) is 1.29. The van der Waals surface area contributed by atoms with E-state index in [1.165, 1.54) is 0 Å². The lowest BCUT2D eigenvalue weighted by Crippen LogP contribution is -2.14. The number of carbonyl (C=O) groups excluding carboxylic acids is 1. The number of carbonyl (C=O) groups is 1. The van der Waals surface area contributed by atoms with Gasteiger partial charge in [-0.2, -0.15) is 13.2 Å². The fourth-order valence-electron chi connectivity index (χ4n) is 2.99. The van der Waals surface area contributed by atoms with Gasteiger partial charge in [0.25, 0.3) is 5.91 Å². The Hall–Kier alpha value is -3.94. The number of anilines is 1. The second kappa shape index (κ2) is 8.06. The van der Waals surface area contributed by atoms with Crippen LogP contribution in [0.2, 0.25) is 0 Å². The molecule has 156 valence electrons. The van der Waals surface area contributed by atoms with E-state index in [1.54, 1.807) is 19.2 Å². The second-order valence-electron chi connectivity index (χ2n) is 6.70. The number of fused-ring (bicyclic) bond motifs is 1. The maximum absolute atomic E-state index is 12.7. The fourth-order valence-corrected chi connectivity index (χ4v) is 2.99. The molecule has 1 amide bonds. The zero-order valence-corrected chi connectivity index (χ0v) is 16.3. The highest BCUT2D eigenvalue weighted by molar-refractivity contribution is 6.04. The second-order valence-corrected chi connectivity index (χ2v) is 6.70. The fraction of sp³-hybridized carbons (Fsp3) is 0.0870. The van der Waals surface area contributed by atoms with Crippen molar-refractivity contribution < 1.29 is 22.7 Å². The Morgan fingerprint density at radius 1 is 0.871 bits per heavy atom. The molecule has 31 heavy (non-hydrogen) atoms. The number of alkyl halides is 3. The number of halogens is 3. The summed E-state index contributed by atoms with van der Waals surface area (Å²) >= 11 is 0. The molecule has 0 aliphatic carbocycles. The minimum absolute atomic E-state index is 0.0924. The predicted molar refractivity (Wildman–Crippen MR) is 111 cm³/mol. The number of rotatable bonds is 4. The van der Waals surface area contributed by atoms with Crippen molar-refractivity contribution in [1.29, 1.82) is 0 Å². The van der Waals surface area contributed by atoms with Gasteiger partial charge < -0.3 is 10.1 Å². The molecule has 0 aliphatic heterocycles. The van der Waals surface area contributed by atoms with Crippen molar-refractivity contribution in [2.75, 3.05) is 12.4 Å². The normalized spacial score (nSPS) is 11.4. The first-order valence-corrected chi connectivity index (χ1v) is 9.24. The van der Waals surface area contributed by atoms with E-state index < -0.39 is 17.6 Å². The molecule has 4 aromatic rings. The Labute approximate surface area is 175 Å². The van der Waals surface area contributed by atoms with Gasteiger partial charge in [-0.3, -0.25) is 4.79 Å². The average Bonchev–Trinajstić information content (AvgIpc) is 2.78. The standard InChI is InChI=1S/C23H16F3N3O2/c1-31-18-10-4-14(5-11-18)19-12-6-15-7-13-20(28-21(15)27-19)29-22(30)16-2-8-17(9-3-16)23(24,25)26/h2-13H,1H3,(H,27,28,29,30). The zero-order valence-electron chi connectivity index (χ0n) is 16.3. The zero-order chi connectivity index (χ0) is 22.0. The van der Waals surface area contributed by atoms with Gasteiger partial charge in [0.15, 0.2) is 5.65 Å². The molecular formula is C23H16F3N3O2. The molecule has 0 saturated heterocycles. The molecule has 2 heterocycles. The summed E-state index contributed by atoms with van der Waals surface area (Å²) in [5, 5.41) is 3.38. The number of ether oxygens (including phenoxy) is 1. The van der Waals surface area contributed by atoms with E-state index in [2.05, 4.69) is 15.3 Å². The van der Waals surface area contributed by atoms with Crippen LogP contribution in [0, 0.1) is 0 Å². The third-order valence-corrected chi connectivity index (χ3v) is 4.65. The number of hydrogen-bond acceptors (Lipinski definition) is 4. The maximum atomic E-state index is 12.7. The Morgan fingerprint density at radius 2 is 1.55 bits per heavy atom. The Balaban J connectivity index is 1.57. The molecule has 0 bridgehead atoms. The molecule has 0 fully saturated rings. The third kappa shape index (κ3) is 4.48. The van der Waals surface area contributed by atoms with E-state index in [4.69, 9.17) is 4.74 Å². The van der Waals surface area contributed by atoms with Crippen LogP contribution in [0.25, 0.3) is 22.3 Å². The monoisotopic (exact) mass is 423 g/mol. The van der Waals surface area contributed by atoms with E-state index >= 15 is 0 Å². The van der Waals surface area contributed by atoms with Crippen molar-refractivity contribution in [3.63, 3.8) is 0 Å². The van der Waals surface area contributed by atoms with Crippen molar-refractivity contribution in [3.05, 3.63) is 83.9 Å². The molecule has 4 rings (SSSR count). The summed E-state index contributed by atoms with van der Waals surface area (Å²) in [5.74, 6) is 0.416. The number of amides is 1. The van der Waals surface area contributed by atoms with Crippen LogP contribution in [0.5, 0.6) is 5.75 Å². The topological polar surface area (TPSA) is 64.1 Å². The Morgan fingerprint density at radius 3 is 2.19 bits per heavy atom. The molecule has 0 saturated carbocycles. The van der Waals surface area contributed by atoms with Gasteiger partial charge in [-0.15, -0.1) is 0 Å². The van der Waals surface area contributed by atoms with Gasteiger partial charge in [0.1, 0.15) is 11.6 Å². The van der Waals surface area contributed by atoms with Crippen LogP contribution < -0.4 is 10.1 Å². The molecule has 5 nitrogen and oxygen atoms in total. The minimum Gasteiger partial charge on any atom is -0.497 e. The van der Waals surface area contributed by atoms with Crippen LogP contribution in [0.1, 0.15) is 15.9 Å². The molecule has 0 atom stereocenters. The number of nitrogens with one attached hydrogen (secondary N) is 1. The van der Waals surface area contributed by atoms with Crippen LogP contribution >= 0.6 is 0 Å². The van der Waals surface area contributed by atoms with Gasteiger partial charge >= 0.3 is 6.18 Å². The predicted octanol–water partition coefficient (Wildman–Crippen LogP) is 5.58. The highest BCUT2D eigenvalue weighted by atomic mass is 19.4. The number of pyridine rings is 2. The van der Waals surface area contributed by atoms with Crippen LogP contribution in [-0.2, 0) is 6.18 Å². The lowest BCUT2D eigenvalue weighted by atomic mass is 10.1. The first kappa shape index (κ1) is 20.3. The molecular weight excluding hydrogens is 407 g/mol. The average molecular weight is 423 g/mol. The van der Waals surface area contributed by atoms with Crippen LogP contribution in [-0.4, -0.2) is 23.0 Å². The van der Waals surface area contributed by atoms with Gasteiger partial charge in [0.2, 0.25) is 0 Å². The van der Waals surface area contributed by atoms with Gasteiger partial charge in [-0.25, -0.2) is 9.97 Å². The van der Waals surface area contributed by atoms with Crippen molar-refractivity contribution >= 4 is 22.8 Å². The van der Waals surface area contributed by atoms with Crippen LogP contribution in [0.3, 0.4) is 0 Å². The van der Waals surface area contributed by atoms with Crippen molar-refractivity contribution in [2.45, 2.75) is 6.18 Å². The third-order valence-electron chi connectivity index (χ3n) is 4.65. The first-order valence-electron chi connectivity index (χ1n) is 9.24. The quantitative estimate of drug-likeness (QED) is 0.466. The lowest BCUT2D eigenvalue weighted by molar-refractivity contribution is -0.137. The lowest BCUT2D eigenvalue weighted by Gasteiger charge is -2.09. The number of methoxy groups -OCH3 is 1. The van der Waals surface area contributed by atoms with E-state index in [-0.39, 0.29) is 11.4 Å². The van der Waals surface area contributed by atoms with E-state index in [0.29, 0.717) is 11.3 Å². The van der Waals surface area contributed by atoms with Crippen molar-refractivity contribution in [2.24, 2.45) is 0 Å². The van der Waals surface area contributed by atoms with E-state index in [1.807, 2.05) is 36.4 Å². The summed E-state index contributed by atoms with van der Waals surface area (Å²) < 4.78 is 43.2. The minimum atomic E-state index is -4.46. The summed E-state index contributed by atoms with van der Waals surface area (Å²) in [6.45, 7) is 0. The highest BCUT2D eigenvalue weighted by Crippen LogP contribution is 2.29. The van der Waals surface area contributed by atoms with Crippen LogP contribution in [0.4, 0.5) is 19.0 Å². The first-order chi connectivity index (χ1) is 14.8. The Bertz CT molecular complexity index is 1240. The number of nitrogens with zero attached hydrogens (tertiary/aromatic N) is 2. The van der Waals surface area contributed by atoms with E-state index in [9.17, 15) is 18.0 Å². The largest absolute Gasteiger partial charge is 0.497 e. The van der Waals surface area contributed by atoms with Gasteiger partial charge in [-0.05, 0) is 72.8 Å². The van der Waals surface area contributed by atoms with E-state index in [0.717, 1.165) is 41.0 Å². The molecule has 0 unspecified atom stereocenters. The number of hydrogen-bond donors (Lipinski definition) is 1. The summed E-state index contributed by atoms with van der Waals surface area (Å²) in [7, 11) is 1.59. The van der Waals surface area contributed by atoms with Crippen LogP contribution in [0.15, 0.2) is 72.8 Å². The molecule has 2 aromatic carbocycles. The summed E-state index contributed by atoms with van der Waals surface area (Å²) in [4.78, 5) is 21.3. The van der Waals surface area contributed by atoms with Gasteiger partial charge in [-0.1, -0.05) is 0 Å². The molecule has 0 radical (unpaired) electrons. The van der Waals surface area contributed by atoms with Gasteiger partial charge in [0.05, 0.1) is 18.4 Å². The molecule has 0 spiro atoms. The highest BCUT2D eigenvalue weighted by Gasteiger charge is 2.30. The maximum Gasteiger partial charge on any atom is 0.416 e. The summed E-state index contributed by atoms with van der Waals surface area (Å²) in [6.07, 6.45) is -4.46. The number of benzene rings is 2. The molecule has 8 heteroatoms. The number of aromatic nitrogens is 2. The molecule has 2 aromatic heterocycles. The smallest absolute Gasteiger partial charge is 0.416 e. The van der Waals surface area contributed by atoms with Crippen molar-refractivity contribution in [1.82, 2.24) is 9.97 Å². The van der Waals surface area contributed by atoms with Gasteiger partial charge in [0, 0.05) is 16.5 Å².